The van der Waals surface area contributed by atoms with Gasteiger partial charge in [-0.05, 0) is 45.2 Å². The summed E-state index contributed by atoms with van der Waals surface area (Å²) in [5.41, 5.74) is 0. The number of likely N-dealkylation sites (tertiary alicyclic amines) is 1. The van der Waals surface area contributed by atoms with E-state index in [1.807, 2.05) is 0 Å². The van der Waals surface area contributed by atoms with Gasteiger partial charge in [0.1, 0.15) is 0 Å². The van der Waals surface area contributed by atoms with E-state index in [1.165, 1.54) is 38.8 Å². The van der Waals surface area contributed by atoms with Crippen molar-refractivity contribution in [3.8, 4) is 0 Å². The first-order valence-electron chi connectivity index (χ1n) is 7.06. The molecule has 0 aromatic rings. The van der Waals surface area contributed by atoms with E-state index in [-0.39, 0.29) is 6.29 Å². The number of allylic oxidation sites excluding steroid dienone is 2. The fourth-order valence-corrected chi connectivity index (χ4v) is 3.13. The van der Waals surface area contributed by atoms with Crippen LogP contribution in [-0.2, 0) is 9.47 Å². The molecule has 3 rings (SSSR count). The third-order valence-corrected chi connectivity index (χ3v) is 4.13. The molecule has 1 aliphatic carbocycles. The number of nitrogens with zero attached hydrogens (tertiary/aromatic N) is 1. The van der Waals surface area contributed by atoms with Gasteiger partial charge in [-0.25, -0.2) is 0 Å². The lowest BCUT2D eigenvalue weighted by atomic mass is 9.94. The van der Waals surface area contributed by atoms with Crippen LogP contribution in [0.1, 0.15) is 32.1 Å². The van der Waals surface area contributed by atoms with Crippen LogP contribution in [0, 0.1) is 5.92 Å². The Morgan fingerprint density at radius 1 is 1.18 bits per heavy atom. The minimum atomic E-state index is 0.0625. The third-order valence-electron chi connectivity index (χ3n) is 4.13. The monoisotopic (exact) mass is 237 g/mol. The topological polar surface area (TPSA) is 21.7 Å². The Bertz CT molecular complexity index is 273. The molecular weight excluding hydrogens is 214 g/mol. The van der Waals surface area contributed by atoms with E-state index in [0.717, 1.165) is 19.6 Å². The zero-order valence-electron chi connectivity index (χ0n) is 10.5. The van der Waals surface area contributed by atoms with Gasteiger partial charge in [0, 0.05) is 12.5 Å². The van der Waals surface area contributed by atoms with E-state index < -0.39 is 0 Å². The van der Waals surface area contributed by atoms with E-state index in [1.54, 1.807) is 0 Å². The summed E-state index contributed by atoms with van der Waals surface area (Å²) in [7, 11) is 0. The molecule has 2 heterocycles. The van der Waals surface area contributed by atoms with E-state index in [0.29, 0.717) is 12.0 Å². The summed E-state index contributed by atoms with van der Waals surface area (Å²) in [5.74, 6) is 0.587. The van der Waals surface area contributed by atoms with Crippen LogP contribution in [0.5, 0.6) is 0 Å². The van der Waals surface area contributed by atoms with Crippen LogP contribution in [0.3, 0.4) is 0 Å². The van der Waals surface area contributed by atoms with Crippen molar-refractivity contribution < 1.29 is 9.47 Å². The highest BCUT2D eigenvalue weighted by atomic mass is 16.7. The summed E-state index contributed by atoms with van der Waals surface area (Å²) in [6.07, 6.45) is 11.1. The Morgan fingerprint density at radius 2 is 2.06 bits per heavy atom. The van der Waals surface area contributed by atoms with Crippen molar-refractivity contribution in [2.45, 2.75) is 44.5 Å². The van der Waals surface area contributed by atoms with Crippen LogP contribution in [0.2, 0.25) is 0 Å². The highest BCUT2D eigenvalue weighted by molar-refractivity contribution is 4.92. The van der Waals surface area contributed by atoms with Crippen molar-refractivity contribution in [2.75, 3.05) is 26.2 Å². The van der Waals surface area contributed by atoms with Gasteiger partial charge in [-0.15, -0.1) is 0 Å². The minimum Gasteiger partial charge on any atom is -0.350 e. The molecule has 0 bridgehead atoms. The molecule has 0 N–H and O–H groups in total. The van der Waals surface area contributed by atoms with Gasteiger partial charge in [-0.3, -0.25) is 0 Å². The van der Waals surface area contributed by atoms with Gasteiger partial charge in [0.05, 0.1) is 12.7 Å². The smallest absolute Gasteiger partial charge is 0.161 e. The minimum absolute atomic E-state index is 0.0625. The summed E-state index contributed by atoms with van der Waals surface area (Å²) < 4.78 is 11.9. The van der Waals surface area contributed by atoms with Gasteiger partial charge in [-0.2, -0.15) is 0 Å². The summed E-state index contributed by atoms with van der Waals surface area (Å²) in [4.78, 5) is 2.51. The SMILES string of the molecule is C1=CC[C@H]([C@@H]2OC[C@H](CN3CCCC3)O2)CC1. The van der Waals surface area contributed by atoms with Gasteiger partial charge in [0.15, 0.2) is 6.29 Å². The Balaban J connectivity index is 1.46. The van der Waals surface area contributed by atoms with Crippen LogP contribution < -0.4 is 0 Å². The Hall–Kier alpha value is -0.380. The zero-order valence-corrected chi connectivity index (χ0v) is 10.5. The predicted octanol–water partition coefficient (Wildman–Crippen LogP) is 2.18. The second-order valence-corrected chi connectivity index (χ2v) is 5.51. The molecule has 3 aliphatic rings. The molecule has 2 fully saturated rings. The quantitative estimate of drug-likeness (QED) is 0.702. The summed E-state index contributed by atoms with van der Waals surface area (Å²) in [6, 6.07) is 0. The van der Waals surface area contributed by atoms with Crippen LogP contribution in [0.4, 0.5) is 0 Å². The van der Waals surface area contributed by atoms with Crippen LogP contribution in [-0.4, -0.2) is 43.5 Å². The largest absolute Gasteiger partial charge is 0.350 e. The zero-order chi connectivity index (χ0) is 11.5. The number of hydrogen-bond donors (Lipinski definition) is 0. The lowest BCUT2D eigenvalue weighted by Gasteiger charge is -2.24. The molecule has 96 valence electrons. The molecule has 0 unspecified atom stereocenters. The second-order valence-electron chi connectivity index (χ2n) is 5.51. The molecule has 0 aromatic heterocycles. The van der Waals surface area contributed by atoms with Gasteiger partial charge in [-0.1, -0.05) is 12.2 Å². The van der Waals surface area contributed by atoms with Crippen LogP contribution in [0.15, 0.2) is 12.2 Å². The van der Waals surface area contributed by atoms with Crippen molar-refractivity contribution in [1.82, 2.24) is 4.90 Å². The number of ether oxygens (including phenoxy) is 2. The first kappa shape index (κ1) is 11.7. The average molecular weight is 237 g/mol. The maximum Gasteiger partial charge on any atom is 0.161 e. The van der Waals surface area contributed by atoms with E-state index >= 15 is 0 Å². The van der Waals surface area contributed by atoms with Gasteiger partial charge in [0.2, 0.25) is 0 Å². The third kappa shape index (κ3) is 2.90. The molecule has 2 saturated heterocycles. The predicted molar refractivity (Wildman–Crippen MR) is 66.8 cm³/mol. The van der Waals surface area contributed by atoms with Crippen molar-refractivity contribution in [2.24, 2.45) is 5.92 Å². The maximum absolute atomic E-state index is 6.07. The Labute approximate surface area is 104 Å². The molecule has 0 spiro atoms. The lowest BCUT2D eigenvalue weighted by molar-refractivity contribution is -0.100. The standard InChI is InChI=1S/C14H23NO2/c1-2-6-12(7-3-1)14-16-11-13(17-14)10-15-8-4-5-9-15/h1-2,12-14H,3-11H2/t12-,13-,14+/m0/s1. The van der Waals surface area contributed by atoms with Crippen LogP contribution >= 0.6 is 0 Å². The second kappa shape index (κ2) is 5.51. The highest BCUT2D eigenvalue weighted by Gasteiger charge is 2.33. The fraction of sp³-hybridized carbons (Fsp3) is 0.857. The summed E-state index contributed by atoms with van der Waals surface area (Å²) in [5, 5.41) is 0. The highest BCUT2D eigenvalue weighted by Crippen LogP contribution is 2.29. The first-order valence-corrected chi connectivity index (χ1v) is 7.06. The summed E-state index contributed by atoms with van der Waals surface area (Å²) in [6.45, 7) is 4.35. The van der Waals surface area contributed by atoms with Gasteiger partial charge < -0.3 is 14.4 Å². The normalized spacial score (nSPS) is 38.9. The van der Waals surface area contributed by atoms with Crippen LogP contribution in [0.25, 0.3) is 0 Å². The van der Waals surface area contributed by atoms with Crippen molar-refractivity contribution in [3.63, 3.8) is 0 Å². The van der Waals surface area contributed by atoms with Gasteiger partial charge >= 0.3 is 0 Å². The number of rotatable bonds is 3. The van der Waals surface area contributed by atoms with Gasteiger partial charge in [0.25, 0.3) is 0 Å². The fourth-order valence-electron chi connectivity index (χ4n) is 3.13. The van der Waals surface area contributed by atoms with E-state index in [4.69, 9.17) is 9.47 Å². The lowest BCUT2D eigenvalue weighted by Crippen LogP contribution is -2.32. The van der Waals surface area contributed by atoms with Crippen molar-refractivity contribution in [3.05, 3.63) is 12.2 Å². The maximum atomic E-state index is 6.07. The molecule has 2 aliphatic heterocycles. The Morgan fingerprint density at radius 3 is 2.82 bits per heavy atom. The Kier molecular flexibility index (Phi) is 3.79. The van der Waals surface area contributed by atoms with Crippen molar-refractivity contribution in [1.29, 1.82) is 0 Å². The molecule has 0 amide bonds. The molecule has 0 radical (unpaired) electrons. The molecular formula is C14H23NO2. The molecule has 3 nitrogen and oxygen atoms in total. The van der Waals surface area contributed by atoms with E-state index in [2.05, 4.69) is 17.1 Å². The van der Waals surface area contributed by atoms with E-state index in [9.17, 15) is 0 Å². The average Bonchev–Trinajstić information content (AvgIpc) is 3.02. The molecule has 0 saturated carbocycles. The summed E-state index contributed by atoms with van der Waals surface area (Å²) >= 11 is 0. The molecule has 0 aromatic carbocycles. The molecule has 3 atom stereocenters. The van der Waals surface area contributed by atoms with Crippen molar-refractivity contribution >= 4 is 0 Å². The molecule has 3 heteroatoms. The number of hydrogen-bond acceptors (Lipinski definition) is 3. The first-order chi connectivity index (χ1) is 8.42. The molecule has 17 heavy (non-hydrogen) atoms.